The van der Waals surface area contributed by atoms with E-state index < -0.39 is 11.8 Å². The van der Waals surface area contributed by atoms with E-state index in [0.29, 0.717) is 26.4 Å². The molecular weight excluding hydrogens is 522 g/mol. The average molecular weight is 541 g/mol. The van der Waals surface area contributed by atoms with Crippen LogP contribution in [0.4, 0.5) is 11.4 Å². The van der Waals surface area contributed by atoms with Gasteiger partial charge in [-0.1, -0.05) is 47.5 Å². The molecule has 1 aliphatic rings. The summed E-state index contributed by atoms with van der Waals surface area (Å²) in [4.78, 5) is 37.9. The number of rotatable bonds is 6. The number of carbonyl (C=O) groups is 3. The number of carbonyl (C=O) groups excluding carboxylic acids is 3. The largest absolute Gasteiger partial charge is 0.482 e. The summed E-state index contributed by atoms with van der Waals surface area (Å²) in [6.45, 7) is 1.66. The van der Waals surface area contributed by atoms with Gasteiger partial charge in [-0.3, -0.25) is 19.8 Å². The van der Waals surface area contributed by atoms with Crippen LogP contribution in [-0.4, -0.2) is 24.3 Å². The van der Waals surface area contributed by atoms with Gasteiger partial charge in [0.1, 0.15) is 11.3 Å². The molecule has 34 heavy (non-hydrogen) atoms. The molecule has 3 aromatic rings. The van der Waals surface area contributed by atoms with Gasteiger partial charge in [-0.15, -0.1) is 0 Å². The van der Waals surface area contributed by atoms with Crippen molar-refractivity contribution in [3.8, 4) is 5.75 Å². The van der Waals surface area contributed by atoms with Gasteiger partial charge in [0.05, 0.1) is 10.2 Å². The molecule has 3 amide bonds. The highest BCUT2D eigenvalue weighted by atomic mass is 79.9. The molecule has 9 heteroatoms. The van der Waals surface area contributed by atoms with Crippen molar-refractivity contribution in [3.05, 3.63) is 92.9 Å². The van der Waals surface area contributed by atoms with E-state index in [1.165, 1.54) is 11.1 Å². The third-order valence-electron chi connectivity index (χ3n) is 4.93. The fraction of sp³-hybridized carbons (Fsp3) is 0.0800. The molecule has 0 radical (unpaired) electrons. The maximum absolute atomic E-state index is 12.9. The van der Waals surface area contributed by atoms with Gasteiger partial charge in [-0.05, 0) is 65.3 Å². The number of amides is 3. The number of nitrogens with one attached hydrogen (secondary N) is 2. The highest BCUT2D eigenvalue weighted by molar-refractivity contribution is 9.10. The molecule has 0 saturated carbocycles. The van der Waals surface area contributed by atoms with Crippen molar-refractivity contribution in [1.29, 1.82) is 0 Å². The molecule has 1 saturated heterocycles. The van der Waals surface area contributed by atoms with Crippen molar-refractivity contribution in [1.82, 2.24) is 5.43 Å². The number of ether oxygens (including phenoxy) is 1. The Morgan fingerprint density at radius 1 is 1.12 bits per heavy atom. The van der Waals surface area contributed by atoms with Crippen molar-refractivity contribution in [3.63, 3.8) is 0 Å². The molecular formula is C25H19BrClN3O4. The van der Waals surface area contributed by atoms with Gasteiger partial charge in [0.15, 0.2) is 6.61 Å². The second-order valence-corrected chi connectivity index (χ2v) is 8.77. The second-order valence-electron chi connectivity index (χ2n) is 7.48. The third kappa shape index (κ3) is 5.30. The van der Waals surface area contributed by atoms with E-state index in [1.807, 2.05) is 25.1 Å². The van der Waals surface area contributed by atoms with Crippen molar-refractivity contribution in [2.24, 2.45) is 0 Å². The number of aryl methyl sites for hydroxylation is 1. The molecule has 0 aromatic heterocycles. The van der Waals surface area contributed by atoms with Crippen LogP contribution in [0.25, 0.3) is 6.08 Å². The molecule has 0 spiro atoms. The van der Waals surface area contributed by atoms with Crippen molar-refractivity contribution in [2.75, 3.05) is 16.9 Å². The molecule has 0 bridgehead atoms. The van der Waals surface area contributed by atoms with E-state index in [4.69, 9.17) is 16.3 Å². The first-order chi connectivity index (χ1) is 16.3. The topological polar surface area (TPSA) is 87.7 Å². The quantitative estimate of drug-likeness (QED) is 0.344. The fourth-order valence-electron chi connectivity index (χ4n) is 3.28. The monoisotopic (exact) mass is 539 g/mol. The minimum Gasteiger partial charge on any atom is -0.482 e. The van der Waals surface area contributed by atoms with Crippen LogP contribution < -0.4 is 20.5 Å². The molecule has 4 rings (SSSR count). The summed E-state index contributed by atoms with van der Waals surface area (Å²) in [5.74, 6) is -1.17. The predicted molar refractivity (Wildman–Crippen MR) is 135 cm³/mol. The molecule has 172 valence electrons. The van der Waals surface area contributed by atoms with Crippen molar-refractivity contribution < 1.29 is 19.1 Å². The first-order valence-corrected chi connectivity index (χ1v) is 11.4. The summed E-state index contributed by atoms with van der Waals surface area (Å²) >= 11 is 9.58. The summed E-state index contributed by atoms with van der Waals surface area (Å²) in [6, 6.07) is 19.3. The lowest BCUT2D eigenvalue weighted by Gasteiger charge is -2.14. The van der Waals surface area contributed by atoms with Crippen molar-refractivity contribution in [2.45, 2.75) is 6.92 Å². The standard InChI is InChI=1S/C25H19BrClN3O4/c1-15-7-9-18(10-8-15)28-22(31)14-34-23-16(11-17(27)13-21(23)26)12-20-24(32)29-30(25(20)33)19-5-3-2-4-6-19/h2-13H,14H2,1H3,(H,28,31)(H,29,32)/b20-12-. The maximum atomic E-state index is 12.9. The summed E-state index contributed by atoms with van der Waals surface area (Å²) in [5.41, 5.74) is 5.08. The van der Waals surface area contributed by atoms with Gasteiger partial charge in [0.25, 0.3) is 17.7 Å². The van der Waals surface area contributed by atoms with Gasteiger partial charge in [0.2, 0.25) is 0 Å². The van der Waals surface area contributed by atoms with Crippen LogP contribution in [0.3, 0.4) is 0 Å². The number of anilines is 2. The number of hydrogen-bond donors (Lipinski definition) is 2. The molecule has 0 atom stereocenters. The van der Waals surface area contributed by atoms with E-state index >= 15 is 0 Å². The zero-order valence-electron chi connectivity index (χ0n) is 18.0. The van der Waals surface area contributed by atoms with Crippen LogP contribution in [0.1, 0.15) is 11.1 Å². The number of hydrazine groups is 1. The van der Waals surface area contributed by atoms with Crippen molar-refractivity contribution >= 4 is 62.7 Å². The Bertz CT molecular complexity index is 1290. The minimum atomic E-state index is -0.562. The Morgan fingerprint density at radius 3 is 2.53 bits per heavy atom. The zero-order chi connectivity index (χ0) is 24.2. The Labute approximate surface area is 209 Å². The highest BCUT2D eigenvalue weighted by Crippen LogP contribution is 2.35. The lowest BCUT2D eigenvalue weighted by Crippen LogP contribution is -2.35. The Kier molecular flexibility index (Phi) is 7.00. The van der Waals surface area contributed by atoms with E-state index in [1.54, 1.807) is 48.5 Å². The lowest BCUT2D eigenvalue weighted by atomic mass is 10.1. The normalized spacial score (nSPS) is 14.3. The minimum absolute atomic E-state index is 0.0908. The highest BCUT2D eigenvalue weighted by Gasteiger charge is 2.34. The zero-order valence-corrected chi connectivity index (χ0v) is 20.3. The van der Waals surface area contributed by atoms with E-state index in [2.05, 4.69) is 26.7 Å². The number of hydrogen-bond acceptors (Lipinski definition) is 4. The molecule has 3 aromatic carbocycles. The average Bonchev–Trinajstić information content (AvgIpc) is 3.09. The summed E-state index contributed by atoms with van der Waals surface area (Å²) in [6.07, 6.45) is 1.39. The molecule has 1 heterocycles. The first-order valence-electron chi connectivity index (χ1n) is 10.2. The maximum Gasteiger partial charge on any atom is 0.282 e. The molecule has 0 aliphatic carbocycles. The van der Waals surface area contributed by atoms with Crippen LogP contribution in [0.2, 0.25) is 5.02 Å². The third-order valence-corrected chi connectivity index (χ3v) is 5.73. The van der Waals surface area contributed by atoms with Gasteiger partial charge >= 0.3 is 0 Å². The first kappa shape index (κ1) is 23.5. The summed E-state index contributed by atoms with van der Waals surface area (Å²) < 4.78 is 6.23. The van der Waals surface area contributed by atoms with Gasteiger partial charge in [-0.2, -0.15) is 0 Å². The number of benzene rings is 3. The molecule has 1 fully saturated rings. The van der Waals surface area contributed by atoms with Crippen LogP contribution >= 0.6 is 27.5 Å². The molecule has 7 nitrogen and oxygen atoms in total. The van der Waals surface area contributed by atoms with Crippen LogP contribution in [0, 0.1) is 6.92 Å². The second kappa shape index (κ2) is 10.1. The fourth-order valence-corrected chi connectivity index (χ4v) is 4.23. The molecule has 1 aliphatic heterocycles. The van der Waals surface area contributed by atoms with Gasteiger partial charge < -0.3 is 10.1 Å². The van der Waals surface area contributed by atoms with Gasteiger partial charge in [-0.25, -0.2) is 5.01 Å². The van der Waals surface area contributed by atoms with E-state index in [-0.39, 0.29) is 23.8 Å². The summed E-state index contributed by atoms with van der Waals surface area (Å²) in [7, 11) is 0. The van der Waals surface area contributed by atoms with E-state index in [0.717, 1.165) is 5.56 Å². The van der Waals surface area contributed by atoms with Crippen LogP contribution in [0.15, 0.2) is 76.8 Å². The summed E-state index contributed by atoms with van der Waals surface area (Å²) in [5, 5.41) is 4.29. The lowest BCUT2D eigenvalue weighted by molar-refractivity contribution is -0.118. The number of halogens is 2. The van der Waals surface area contributed by atoms with Crippen LogP contribution in [0.5, 0.6) is 5.75 Å². The predicted octanol–water partition coefficient (Wildman–Crippen LogP) is 4.89. The van der Waals surface area contributed by atoms with Crippen LogP contribution in [-0.2, 0) is 14.4 Å². The Balaban J connectivity index is 1.56. The molecule has 2 N–H and O–H groups in total. The molecule has 0 unspecified atom stereocenters. The Hall–Kier alpha value is -3.62. The number of nitrogens with zero attached hydrogens (tertiary/aromatic N) is 1. The smallest absolute Gasteiger partial charge is 0.282 e. The number of para-hydroxylation sites is 1. The van der Waals surface area contributed by atoms with Gasteiger partial charge in [0, 0.05) is 16.3 Å². The Morgan fingerprint density at radius 2 is 1.82 bits per heavy atom. The SMILES string of the molecule is Cc1ccc(NC(=O)COc2c(Br)cc(Cl)cc2/C=C2/C(=O)NN(c3ccccc3)C2=O)cc1. The van der Waals surface area contributed by atoms with E-state index in [9.17, 15) is 14.4 Å².